The number of fused-ring (bicyclic) bond motifs is 1. The van der Waals surface area contributed by atoms with Gasteiger partial charge in [-0.25, -0.2) is 4.98 Å². The lowest BCUT2D eigenvalue weighted by Crippen LogP contribution is -1.88. The number of benzene rings is 1. The lowest BCUT2D eigenvalue weighted by Gasteiger charge is -2.01. The van der Waals surface area contributed by atoms with Crippen molar-refractivity contribution in [2.45, 2.75) is 0 Å². The van der Waals surface area contributed by atoms with Gasteiger partial charge in [0.25, 0.3) is 0 Å². The van der Waals surface area contributed by atoms with Crippen molar-refractivity contribution in [3.05, 3.63) is 53.7 Å². The topological polar surface area (TPSA) is 43.3 Å². The van der Waals surface area contributed by atoms with Crippen LogP contribution in [-0.2, 0) is 0 Å². The zero-order valence-corrected chi connectivity index (χ0v) is 9.72. The molecule has 0 saturated carbocycles. The number of nitrogens with two attached hydrogens (primary N) is 1. The number of nitrogens with zero attached hydrogens (tertiary/aromatic N) is 2. The Morgan fingerprint density at radius 2 is 1.82 bits per heavy atom. The van der Waals surface area contributed by atoms with Crippen LogP contribution in [0.3, 0.4) is 0 Å². The predicted molar refractivity (Wildman–Crippen MR) is 70.1 cm³/mol. The van der Waals surface area contributed by atoms with Crippen molar-refractivity contribution in [1.82, 2.24) is 9.38 Å². The van der Waals surface area contributed by atoms with Gasteiger partial charge in [-0.1, -0.05) is 41.9 Å². The van der Waals surface area contributed by atoms with Crippen molar-refractivity contribution >= 4 is 22.9 Å². The molecule has 2 heterocycles. The fourth-order valence-corrected chi connectivity index (χ4v) is 2.18. The van der Waals surface area contributed by atoms with Crippen molar-refractivity contribution in [2.75, 3.05) is 5.73 Å². The first-order valence-electron chi connectivity index (χ1n) is 5.25. The van der Waals surface area contributed by atoms with Crippen LogP contribution in [0.15, 0.2) is 48.7 Å². The predicted octanol–water partition coefficient (Wildman–Crippen LogP) is 3.24. The number of nitrogen functional groups attached to an aromatic ring is 1. The number of halogens is 1. The summed E-state index contributed by atoms with van der Waals surface area (Å²) in [5, 5.41) is 0.611. The second-order valence-corrected chi connectivity index (χ2v) is 4.17. The van der Waals surface area contributed by atoms with E-state index in [-0.39, 0.29) is 0 Å². The monoisotopic (exact) mass is 243 g/mol. The van der Waals surface area contributed by atoms with Gasteiger partial charge >= 0.3 is 0 Å². The Morgan fingerprint density at radius 3 is 2.59 bits per heavy atom. The van der Waals surface area contributed by atoms with Crippen LogP contribution in [0.1, 0.15) is 0 Å². The quantitative estimate of drug-likeness (QED) is 0.713. The normalized spacial score (nSPS) is 10.9. The van der Waals surface area contributed by atoms with Crippen LogP contribution in [0.2, 0.25) is 5.02 Å². The molecular weight excluding hydrogens is 234 g/mol. The highest BCUT2D eigenvalue weighted by Gasteiger charge is 2.12. The number of aromatic nitrogens is 2. The van der Waals surface area contributed by atoms with Gasteiger partial charge in [-0.05, 0) is 12.1 Å². The molecule has 2 aromatic heterocycles. The van der Waals surface area contributed by atoms with E-state index in [0.29, 0.717) is 10.8 Å². The van der Waals surface area contributed by atoms with Gasteiger partial charge in [0, 0.05) is 11.8 Å². The Morgan fingerprint density at radius 1 is 1.06 bits per heavy atom. The zero-order valence-electron chi connectivity index (χ0n) is 8.97. The number of rotatable bonds is 1. The summed E-state index contributed by atoms with van der Waals surface area (Å²) >= 11 is 6.12. The second kappa shape index (κ2) is 3.79. The molecule has 17 heavy (non-hydrogen) atoms. The number of hydrogen-bond donors (Lipinski definition) is 1. The average Bonchev–Trinajstić information content (AvgIpc) is 2.69. The maximum Gasteiger partial charge on any atom is 0.151 e. The Kier molecular flexibility index (Phi) is 2.27. The van der Waals surface area contributed by atoms with E-state index in [4.69, 9.17) is 17.3 Å². The van der Waals surface area contributed by atoms with Crippen LogP contribution in [0.25, 0.3) is 16.9 Å². The summed E-state index contributed by atoms with van der Waals surface area (Å²) < 4.78 is 1.91. The van der Waals surface area contributed by atoms with Gasteiger partial charge in [0.2, 0.25) is 0 Å². The summed E-state index contributed by atoms with van der Waals surface area (Å²) in [5.41, 5.74) is 7.67. The third-order valence-corrected chi connectivity index (χ3v) is 2.98. The minimum absolute atomic E-state index is 0.453. The van der Waals surface area contributed by atoms with E-state index in [9.17, 15) is 0 Å². The maximum absolute atomic E-state index is 6.12. The summed E-state index contributed by atoms with van der Waals surface area (Å²) in [5.74, 6) is 1.26. The third-order valence-electron chi connectivity index (χ3n) is 2.67. The van der Waals surface area contributed by atoms with Crippen molar-refractivity contribution in [2.24, 2.45) is 0 Å². The van der Waals surface area contributed by atoms with E-state index in [1.807, 2.05) is 53.1 Å². The van der Waals surface area contributed by atoms with E-state index in [0.717, 1.165) is 16.9 Å². The highest BCUT2D eigenvalue weighted by Crippen LogP contribution is 2.28. The molecule has 0 unspecified atom stereocenters. The lowest BCUT2D eigenvalue weighted by atomic mass is 10.2. The van der Waals surface area contributed by atoms with Crippen LogP contribution >= 0.6 is 11.6 Å². The van der Waals surface area contributed by atoms with Crippen molar-refractivity contribution in [1.29, 1.82) is 0 Å². The number of pyridine rings is 1. The smallest absolute Gasteiger partial charge is 0.151 e. The number of anilines is 1. The number of imidazole rings is 1. The van der Waals surface area contributed by atoms with Gasteiger partial charge in [0.1, 0.15) is 11.3 Å². The summed E-state index contributed by atoms with van der Waals surface area (Å²) in [6, 6.07) is 13.6. The zero-order chi connectivity index (χ0) is 11.8. The van der Waals surface area contributed by atoms with Gasteiger partial charge in [0.05, 0.1) is 5.02 Å². The average molecular weight is 244 g/mol. The minimum Gasteiger partial charge on any atom is -0.382 e. The van der Waals surface area contributed by atoms with Crippen LogP contribution in [-0.4, -0.2) is 9.38 Å². The molecule has 3 aromatic rings. The molecule has 4 heteroatoms. The van der Waals surface area contributed by atoms with E-state index in [1.54, 1.807) is 0 Å². The van der Waals surface area contributed by atoms with Crippen LogP contribution in [0.5, 0.6) is 0 Å². The highest BCUT2D eigenvalue weighted by atomic mass is 35.5. The first-order valence-corrected chi connectivity index (χ1v) is 5.62. The lowest BCUT2D eigenvalue weighted by molar-refractivity contribution is 1.16. The first kappa shape index (κ1) is 10.2. The summed E-state index contributed by atoms with van der Waals surface area (Å²) in [7, 11) is 0. The molecule has 0 fully saturated rings. The summed E-state index contributed by atoms with van der Waals surface area (Å²) in [6.07, 6.45) is 1.91. The van der Waals surface area contributed by atoms with Crippen LogP contribution < -0.4 is 5.73 Å². The van der Waals surface area contributed by atoms with Gasteiger partial charge in [-0.2, -0.15) is 0 Å². The van der Waals surface area contributed by atoms with Gasteiger partial charge in [-0.15, -0.1) is 0 Å². The van der Waals surface area contributed by atoms with Gasteiger partial charge in [0.15, 0.2) is 5.82 Å². The fraction of sp³-hybridized carbons (Fsp3) is 0. The van der Waals surface area contributed by atoms with Crippen LogP contribution in [0.4, 0.5) is 5.82 Å². The molecule has 1 aromatic carbocycles. The molecule has 0 bridgehead atoms. The molecule has 0 radical (unpaired) electrons. The fourth-order valence-electron chi connectivity index (χ4n) is 1.92. The second-order valence-electron chi connectivity index (χ2n) is 3.76. The number of hydrogen-bond acceptors (Lipinski definition) is 2. The Bertz CT molecular complexity index is 674. The molecule has 2 N–H and O–H groups in total. The molecular formula is C13H10ClN3. The molecule has 0 aliphatic rings. The maximum atomic E-state index is 6.12. The standard InChI is InChI=1S/C13H10ClN3/c14-10-7-4-8-17-11(10)12(15)16-13(17)9-5-2-1-3-6-9/h1-8H,15H2. The van der Waals surface area contributed by atoms with Crippen molar-refractivity contribution in [3.63, 3.8) is 0 Å². The van der Waals surface area contributed by atoms with Crippen molar-refractivity contribution in [3.8, 4) is 11.4 Å². The van der Waals surface area contributed by atoms with E-state index >= 15 is 0 Å². The van der Waals surface area contributed by atoms with Crippen LogP contribution in [0, 0.1) is 0 Å². The van der Waals surface area contributed by atoms with Gasteiger partial charge in [-0.3, -0.25) is 4.40 Å². The van der Waals surface area contributed by atoms with Crippen molar-refractivity contribution < 1.29 is 0 Å². The molecule has 0 spiro atoms. The highest BCUT2D eigenvalue weighted by molar-refractivity contribution is 6.34. The molecule has 0 amide bonds. The van der Waals surface area contributed by atoms with E-state index in [1.165, 1.54) is 0 Å². The largest absolute Gasteiger partial charge is 0.382 e. The molecule has 3 nitrogen and oxygen atoms in total. The Labute approximate surface area is 103 Å². The first-order chi connectivity index (χ1) is 8.27. The minimum atomic E-state index is 0.453. The molecule has 0 aliphatic carbocycles. The van der Waals surface area contributed by atoms with E-state index < -0.39 is 0 Å². The Hall–Kier alpha value is -2.00. The van der Waals surface area contributed by atoms with Gasteiger partial charge < -0.3 is 5.73 Å². The molecule has 3 rings (SSSR count). The van der Waals surface area contributed by atoms with E-state index in [2.05, 4.69) is 4.98 Å². The molecule has 84 valence electrons. The molecule has 0 saturated heterocycles. The molecule has 0 atom stereocenters. The SMILES string of the molecule is Nc1nc(-c2ccccc2)n2cccc(Cl)c12. The summed E-state index contributed by atoms with van der Waals surface area (Å²) in [6.45, 7) is 0. The third kappa shape index (κ3) is 1.56. The Balaban J connectivity index is 2.36. The molecule has 0 aliphatic heterocycles. The summed E-state index contributed by atoms with van der Waals surface area (Å²) in [4.78, 5) is 4.38.